The van der Waals surface area contributed by atoms with Gasteiger partial charge in [-0.25, -0.2) is 9.97 Å². The third-order valence-electron chi connectivity index (χ3n) is 5.45. The molecule has 0 saturated carbocycles. The van der Waals surface area contributed by atoms with Crippen LogP contribution in [0.1, 0.15) is 49.8 Å². The van der Waals surface area contributed by atoms with E-state index in [-0.39, 0.29) is 18.5 Å². The maximum atomic E-state index is 12.9. The molecular weight excluding hydrogens is 535 g/mol. The van der Waals surface area contributed by atoms with Crippen molar-refractivity contribution < 1.29 is 9.21 Å². The number of carbonyl (C=O) groups is 1. The number of rotatable bonds is 7. The van der Waals surface area contributed by atoms with E-state index in [1.54, 1.807) is 30.7 Å². The third kappa shape index (κ3) is 7.38. The van der Waals surface area contributed by atoms with Gasteiger partial charge in [0.05, 0.1) is 29.2 Å². The number of anilines is 2. The van der Waals surface area contributed by atoms with Crippen LogP contribution in [0.2, 0.25) is 10.0 Å². The highest BCUT2D eigenvalue weighted by Gasteiger charge is 2.18. The minimum atomic E-state index is -0.390. The van der Waals surface area contributed by atoms with Crippen molar-refractivity contribution in [1.82, 2.24) is 20.3 Å². The van der Waals surface area contributed by atoms with Gasteiger partial charge in [-0.05, 0) is 48.0 Å². The zero-order valence-electron chi connectivity index (χ0n) is 22.3. The number of benzene rings is 2. The number of furan rings is 1. The largest absolute Gasteiger partial charge is 0.464 e. The summed E-state index contributed by atoms with van der Waals surface area (Å²) in [7, 11) is 0. The fraction of sp³-hybridized carbons (Fsp3) is 0.207. The molecule has 3 heterocycles. The lowest BCUT2D eigenvalue weighted by Crippen LogP contribution is -2.33. The van der Waals surface area contributed by atoms with Crippen LogP contribution in [0.3, 0.4) is 0 Å². The average molecular weight is 568 g/mol. The molecule has 0 aliphatic heterocycles. The number of nitrogens with one attached hydrogen (secondary N) is 3. The van der Waals surface area contributed by atoms with Gasteiger partial charge in [0.2, 0.25) is 5.95 Å². The van der Waals surface area contributed by atoms with E-state index < -0.39 is 0 Å². The first-order chi connectivity index (χ1) is 19.0. The molecule has 5 aromatic rings. The van der Waals surface area contributed by atoms with E-state index in [1.165, 1.54) is 6.20 Å². The Morgan fingerprint density at radius 3 is 2.62 bits per heavy atom. The highest BCUT2D eigenvalue weighted by atomic mass is 35.5. The Bertz CT molecular complexity index is 1510. The van der Waals surface area contributed by atoms with Crippen LogP contribution >= 0.6 is 23.2 Å². The molecule has 5 N–H and O–H groups in total. The maximum Gasteiger partial charge on any atom is 0.268 e. The fourth-order valence-electron chi connectivity index (χ4n) is 3.70. The van der Waals surface area contributed by atoms with Gasteiger partial charge < -0.3 is 25.8 Å². The summed E-state index contributed by atoms with van der Waals surface area (Å²) in [6, 6.07) is 16.1. The van der Waals surface area contributed by atoms with Crippen molar-refractivity contribution in [2.24, 2.45) is 5.73 Å². The molecule has 8 nitrogen and oxygen atoms in total. The lowest BCUT2D eigenvalue weighted by Gasteiger charge is -2.17. The number of fused-ring (bicyclic) bond motifs is 1. The van der Waals surface area contributed by atoms with Crippen LogP contribution in [0.25, 0.3) is 22.2 Å². The van der Waals surface area contributed by atoms with Gasteiger partial charge in [0.25, 0.3) is 5.91 Å². The second-order valence-electron chi connectivity index (χ2n) is 7.81. The molecule has 1 amide bonds. The number of aromatic nitrogens is 3. The summed E-state index contributed by atoms with van der Waals surface area (Å²) < 4.78 is 5.37. The van der Waals surface area contributed by atoms with Crippen LogP contribution in [-0.2, 0) is 0 Å². The van der Waals surface area contributed by atoms with E-state index >= 15 is 0 Å². The Morgan fingerprint density at radius 1 is 1.08 bits per heavy atom. The number of amides is 1. The lowest BCUT2D eigenvalue weighted by molar-refractivity contribution is 0.0933. The molecule has 2 aromatic carbocycles. The first-order valence-electron chi connectivity index (χ1n) is 12.7. The highest BCUT2D eigenvalue weighted by Crippen LogP contribution is 2.29. The van der Waals surface area contributed by atoms with Crippen LogP contribution in [0.15, 0.2) is 77.7 Å². The standard InChI is InChI=1S/C25H20Cl2N6O2.2C2H6/c26-17-3-1-2-14(8-17)21(11-28)32-24(34)20-10-16(12-29-20)23-19(27)13-30-25(33-23)31-18-4-5-22-15(9-18)6-7-35-22;2*1-2/h1-10,12-13,21,29H,11,28H2,(H,32,34)(H,30,31,33);2*1-2H3. The number of H-pyrrole nitrogens is 1. The monoisotopic (exact) mass is 566 g/mol. The second kappa shape index (κ2) is 14.3. The second-order valence-corrected chi connectivity index (χ2v) is 8.65. The summed E-state index contributed by atoms with van der Waals surface area (Å²) in [5.74, 6) is 0.0483. The van der Waals surface area contributed by atoms with Crippen molar-refractivity contribution in [1.29, 1.82) is 0 Å². The summed E-state index contributed by atoms with van der Waals surface area (Å²) in [6.07, 6.45) is 4.82. The zero-order chi connectivity index (χ0) is 28.4. The molecular formula is C29H32Cl2N6O2. The van der Waals surface area contributed by atoms with E-state index in [2.05, 4.69) is 25.6 Å². The van der Waals surface area contributed by atoms with Gasteiger partial charge in [-0.2, -0.15) is 0 Å². The molecule has 0 fully saturated rings. The van der Waals surface area contributed by atoms with Crippen LogP contribution in [0.4, 0.5) is 11.6 Å². The Hall–Kier alpha value is -3.85. The Balaban J connectivity index is 0.00000100. The molecule has 0 aliphatic carbocycles. The van der Waals surface area contributed by atoms with Gasteiger partial charge in [-0.3, -0.25) is 4.79 Å². The average Bonchev–Trinajstić information content (AvgIpc) is 3.65. The van der Waals surface area contributed by atoms with Crippen LogP contribution in [-0.4, -0.2) is 27.4 Å². The summed E-state index contributed by atoms with van der Waals surface area (Å²) in [5, 5.41) is 7.98. The maximum absolute atomic E-state index is 12.9. The SMILES string of the molecule is CC.CC.NCC(NC(=O)c1cc(-c2nc(Nc3ccc4occc4c3)ncc2Cl)c[nH]1)c1cccc(Cl)c1. The predicted octanol–water partition coefficient (Wildman–Crippen LogP) is 7.75. The minimum Gasteiger partial charge on any atom is -0.464 e. The fourth-order valence-corrected chi connectivity index (χ4v) is 4.10. The number of aromatic amines is 1. The molecule has 0 aliphatic rings. The van der Waals surface area contributed by atoms with Crippen molar-refractivity contribution in [2.75, 3.05) is 11.9 Å². The molecule has 1 unspecified atom stereocenters. The lowest BCUT2D eigenvalue weighted by atomic mass is 10.1. The van der Waals surface area contributed by atoms with Gasteiger partial charge in [0.15, 0.2) is 0 Å². The normalized spacial score (nSPS) is 11.1. The quantitative estimate of drug-likeness (QED) is 0.160. The molecule has 1 atom stereocenters. The van der Waals surface area contributed by atoms with Gasteiger partial charge in [0.1, 0.15) is 11.3 Å². The van der Waals surface area contributed by atoms with E-state index in [1.807, 2.05) is 64.1 Å². The molecule has 204 valence electrons. The molecule has 10 heteroatoms. The Labute approximate surface area is 238 Å². The van der Waals surface area contributed by atoms with Gasteiger partial charge in [-0.1, -0.05) is 63.0 Å². The van der Waals surface area contributed by atoms with Gasteiger partial charge in [0, 0.05) is 34.4 Å². The van der Waals surface area contributed by atoms with Gasteiger partial charge >= 0.3 is 0 Å². The van der Waals surface area contributed by atoms with E-state index in [4.69, 9.17) is 33.4 Å². The Morgan fingerprint density at radius 2 is 1.87 bits per heavy atom. The van der Waals surface area contributed by atoms with E-state index in [0.29, 0.717) is 32.9 Å². The number of nitrogens with zero attached hydrogens (tertiary/aromatic N) is 2. The number of carbonyl (C=O) groups excluding carboxylic acids is 1. The van der Waals surface area contributed by atoms with Crippen molar-refractivity contribution >= 4 is 51.7 Å². The summed E-state index contributed by atoms with van der Waals surface area (Å²) >= 11 is 12.5. The molecule has 0 radical (unpaired) electrons. The van der Waals surface area contributed by atoms with Crippen molar-refractivity contribution in [3.05, 3.63) is 94.6 Å². The van der Waals surface area contributed by atoms with Crippen LogP contribution < -0.4 is 16.4 Å². The van der Waals surface area contributed by atoms with Crippen molar-refractivity contribution in [2.45, 2.75) is 33.7 Å². The highest BCUT2D eigenvalue weighted by molar-refractivity contribution is 6.33. The first kappa shape index (κ1) is 29.7. The van der Waals surface area contributed by atoms with Crippen molar-refractivity contribution in [3.63, 3.8) is 0 Å². The zero-order valence-corrected chi connectivity index (χ0v) is 23.8. The van der Waals surface area contributed by atoms with E-state index in [9.17, 15) is 4.79 Å². The van der Waals surface area contributed by atoms with Crippen molar-refractivity contribution in [3.8, 4) is 11.3 Å². The molecule has 5 rings (SSSR count). The molecule has 39 heavy (non-hydrogen) atoms. The summed E-state index contributed by atoms with van der Waals surface area (Å²) in [4.78, 5) is 24.7. The Kier molecular flexibility index (Phi) is 10.9. The van der Waals surface area contributed by atoms with Crippen LogP contribution in [0.5, 0.6) is 0 Å². The number of halogens is 2. The topological polar surface area (TPSA) is 122 Å². The smallest absolute Gasteiger partial charge is 0.268 e. The van der Waals surface area contributed by atoms with Gasteiger partial charge in [-0.15, -0.1) is 0 Å². The molecule has 0 bridgehead atoms. The van der Waals surface area contributed by atoms with Crippen LogP contribution in [0, 0.1) is 0 Å². The molecule has 0 saturated heterocycles. The number of hydrogen-bond donors (Lipinski definition) is 4. The first-order valence-corrected chi connectivity index (χ1v) is 13.5. The van der Waals surface area contributed by atoms with E-state index in [0.717, 1.165) is 22.2 Å². The molecule has 0 spiro atoms. The number of hydrogen-bond acceptors (Lipinski definition) is 6. The molecule has 3 aromatic heterocycles. The summed E-state index contributed by atoms with van der Waals surface area (Å²) in [5.41, 5.74) is 9.77. The summed E-state index contributed by atoms with van der Waals surface area (Å²) in [6.45, 7) is 8.22. The third-order valence-corrected chi connectivity index (χ3v) is 5.96. The minimum absolute atomic E-state index is 0.219. The predicted molar refractivity (Wildman–Crippen MR) is 160 cm³/mol. The number of nitrogens with two attached hydrogens (primary N) is 1.